The molecule has 136 valence electrons. The minimum Gasteiger partial charge on any atom is -0.286 e. The molecule has 0 aliphatic heterocycles. The fraction of sp³-hybridized carbons (Fsp3) is 0.421. The number of fused-ring (bicyclic) bond motifs is 1. The Balaban J connectivity index is 2.53. The molecule has 1 aliphatic rings. The Morgan fingerprint density at radius 1 is 1.12 bits per heavy atom. The number of allylic oxidation sites excluding steroid dienone is 4. The Morgan fingerprint density at radius 2 is 1.72 bits per heavy atom. The molecule has 0 amide bonds. The zero-order valence-electron chi connectivity index (χ0n) is 14.5. The van der Waals surface area contributed by atoms with Crippen molar-refractivity contribution in [3.63, 3.8) is 0 Å². The second kappa shape index (κ2) is 6.73. The Labute approximate surface area is 144 Å². The molecule has 6 heteroatoms. The summed E-state index contributed by atoms with van der Waals surface area (Å²) in [6.45, 7) is 5.02. The van der Waals surface area contributed by atoms with Crippen LogP contribution in [0.4, 0.5) is 22.0 Å². The summed E-state index contributed by atoms with van der Waals surface area (Å²) >= 11 is 0. The van der Waals surface area contributed by atoms with Gasteiger partial charge in [-0.3, -0.25) is 4.99 Å². The lowest BCUT2D eigenvalue weighted by molar-refractivity contribution is -0.249. The standard InChI is InChI=1S/C19H20F5N/c1-11(2)16(17(25-4)18(20,21)19(22,23)24)10-14-9-13-7-5-6-8-15(13)12(14)3/h5-8,10-11H,9H2,1-4H3. The average molecular weight is 357 g/mol. The number of benzene rings is 1. The maximum atomic E-state index is 13.9. The first-order valence-electron chi connectivity index (χ1n) is 7.92. The second-order valence-electron chi connectivity index (χ2n) is 6.38. The maximum Gasteiger partial charge on any atom is 0.459 e. The summed E-state index contributed by atoms with van der Waals surface area (Å²) in [6.07, 6.45) is -3.73. The largest absolute Gasteiger partial charge is 0.459 e. The number of hydrogen-bond acceptors (Lipinski definition) is 1. The van der Waals surface area contributed by atoms with Gasteiger partial charge in [0.05, 0.1) is 0 Å². The normalized spacial score (nSPS) is 16.7. The molecule has 25 heavy (non-hydrogen) atoms. The van der Waals surface area contributed by atoms with Crippen LogP contribution in [0.3, 0.4) is 0 Å². The van der Waals surface area contributed by atoms with E-state index in [0.29, 0.717) is 6.42 Å². The monoisotopic (exact) mass is 357 g/mol. The van der Waals surface area contributed by atoms with Crippen LogP contribution in [0.2, 0.25) is 0 Å². The third-order valence-corrected chi connectivity index (χ3v) is 4.39. The van der Waals surface area contributed by atoms with Gasteiger partial charge in [0.25, 0.3) is 0 Å². The molecular weight excluding hydrogens is 337 g/mol. The number of aliphatic imine (C=N–C) groups is 1. The first-order chi connectivity index (χ1) is 11.5. The molecule has 0 fully saturated rings. The quantitative estimate of drug-likeness (QED) is 0.472. The lowest BCUT2D eigenvalue weighted by Gasteiger charge is -2.25. The van der Waals surface area contributed by atoms with Crippen LogP contribution in [0.5, 0.6) is 0 Å². The summed E-state index contributed by atoms with van der Waals surface area (Å²) in [5.41, 5.74) is 2.35. The third-order valence-electron chi connectivity index (χ3n) is 4.39. The van der Waals surface area contributed by atoms with Crippen molar-refractivity contribution < 1.29 is 22.0 Å². The molecule has 1 aliphatic carbocycles. The summed E-state index contributed by atoms with van der Waals surface area (Å²) in [5, 5.41) is 0. The van der Waals surface area contributed by atoms with Crippen LogP contribution in [0, 0.1) is 5.92 Å². The van der Waals surface area contributed by atoms with Gasteiger partial charge in [0.2, 0.25) is 0 Å². The van der Waals surface area contributed by atoms with Crippen molar-refractivity contribution in [1.82, 2.24) is 0 Å². The molecule has 0 bridgehead atoms. The molecule has 1 aromatic rings. The van der Waals surface area contributed by atoms with Gasteiger partial charge < -0.3 is 0 Å². The van der Waals surface area contributed by atoms with Crippen LogP contribution in [-0.4, -0.2) is 24.9 Å². The summed E-state index contributed by atoms with van der Waals surface area (Å²) in [5.74, 6) is -5.52. The van der Waals surface area contributed by atoms with Gasteiger partial charge in [-0.15, -0.1) is 0 Å². The minimum absolute atomic E-state index is 0.0908. The first-order valence-corrected chi connectivity index (χ1v) is 7.92. The molecule has 0 unspecified atom stereocenters. The van der Waals surface area contributed by atoms with Crippen LogP contribution in [0.25, 0.3) is 5.57 Å². The van der Waals surface area contributed by atoms with Crippen molar-refractivity contribution in [3.8, 4) is 0 Å². The van der Waals surface area contributed by atoms with Crippen molar-refractivity contribution in [1.29, 1.82) is 0 Å². The Morgan fingerprint density at radius 3 is 2.20 bits per heavy atom. The molecule has 0 saturated carbocycles. The van der Waals surface area contributed by atoms with Crippen LogP contribution in [0.1, 0.15) is 31.9 Å². The number of nitrogens with zero attached hydrogens (tertiary/aromatic N) is 1. The predicted octanol–water partition coefficient (Wildman–Crippen LogP) is 5.87. The molecule has 1 aromatic carbocycles. The molecule has 0 saturated heterocycles. The van der Waals surface area contributed by atoms with E-state index in [1.54, 1.807) is 13.8 Å². The smallest absolute Gasteiger partial charge is 0.286 e. The Bertz CT molecular complexity index is 751. The Hall–Kier alpha value is -1.98. The van der Waals surface area contributed by atoms with Gasteiger partial charge in [-0.1, -0.05) is 44.2 Å². The van der Waals surface area contributed by atoms with E-state index in [1.807, 2.05) is 31.2 Å². The SMILES string of the molecule is CN=C(C(=CC1=C(C)c2ccccc2C1)C(C)C)C(F)(F)C(F)(F)F. The molecule has 0 aromatic heterocycles. The summed E-state index contributed by atoms with van der Waals surface area (Å²) in [7, 11) is 0.968. The number of alkyl halides is 5. The third kappa shape index (κ3) is 3.53. The van der Waals surface area contributed by atoms with Gasteiger partial charge in [0.15, 0.2) is 0 Å². The van der Waals surface area contributed by atoms with E-state index in [2.05, 4.69) is 4.99 Å². The molecule has 2 rings (SSSR count). The van der Waals surface area contributed by atoms with Gasteiger partial charge in [0, 0.05) is 7.05 Å². The van der Waals surface area contributed by atoms with Gasteiger partial charge in [0.1, 0.15) is 5.71 Å². The van der Waals surface area contributed by atoms with Gasteiger partial charge >= 0.3 is 12.1 Å². The van der Waals surface area contributed by atoms with Crippen molar-refractivity contribution in [2.75, 3.05) is 7.05 Å². The van der Waals surface area contributed by atoms with Crippen molar-refractivity contribution in [2.45, 2.75) is 39.3 Å². The highest BCUT2D eigenvalue weighted by molar-refractivity contribution is 6.06. The highest BCUT2D eigenvalue weighted by Gasteiger charge is 2.61. The van der Waals surface area contributed by atoms with E-state index in [1.165, 1.54) is 6.08 Å². The maximum absolute atomic E-state index is 13.9. The zero-order chi connectivity index (χ0) is 19.0. The van der Waals surface area contributed by atoms with Crippen LogP contribution in [0.15, 0.2) is 46.5 Å². The summed E-state index contributed by atoms with van der Waals surface area (Å²) < 4.78 is 66.3. The van der Waals surface area contributed by atoms with Gasteiger partial charge in [-0.2, -0.15) is 22.0 Å². The first kappa shape index (κ1) is 19.3. The fourth-order valence-corrected chi connectivity index (χ4v) is 2.99. The van der Waals surface area contributed by atoms with Gasteiger partial charge in [-0.25, -0.2) is 0 Å². The molecule has 0 atom stereocenters. The number of hydrogen-bond donors (Lipinski definition) is 0. The second-order valence-corrected chi connectivity index (χ2v) is 6.38. The fourth-order valence-electron chi connectivity index (χ4n) is 2.99. The lowest BCUT2D eigenvalue weighted by Crippen LogP contribution is -2.45. The lowest BCUT2D eigenvalue weighted by atomic mass is 9.91. The molecule has 0 N–H and O–H groups in total. The van der Waals surface area contributed by atoms with E-state index in [9.17, 15) is 22.0 Å². The van der Waals surface area contributed by atoms with E-state index in [0.717, 1.165) is 29.3 Å². The van der Waals surface area contributed by atoms with Crippen molar-refractivity contribution in [2.24, 2.45) is 10.9 Å². The average Bonchev–Trinajstić information content (AvgIpc) is 2.82. The number of halogens is 5. The van der Waals surface area contributed by atoms with E-state index >= 15 is 0 Å². The van der Waals surface area contributed by atoms with E-state index < -0.39 is 23.7 Å². The molecule has 0 heterocycles. The van der Waals surface area contributed by atoms with Crippen molar-refractivity contribution >= 4 is 11.3 Å². The minimum atomic E-state index is -5.68. The van der Waals surface area contributed by atoms with Crippen LogP contribution >= 0.6 is 0 Å². The molecule has 0 spiro atoms. The van der Waals surface area contributed by atoms with Crippen LogP contribution in [-0.2, 0) is 6.42 Å². The summed E-state index contributed by atoms with van der Waals surface area (Å²) in [6, 6.07) is 7.58. The van der Waals surface area contributed by atoms with E-state index in [-0.39, 0.29) is 5.57 Å². The van der Waals surface area contributed by atoms with Crippen LogP contribution < -0.4 is 0 Å². The summed E-state index contributed by atoms with van der Waals surface area (Å²) in [4.78, 5) is 3.32. The number of rotatable bonds is 4. The molecule has 0 radical (unpaired) electrons. The predicted molar refractivity (Wildman–Crippen MR) is 90.0 cm³/mol. The zero-order valence-corrected chi connectivity index (χ0v) is 14.5. The topological polar surface area (TPSA) is 12.4 Å². The highest BCUT2D eigenvalue weighted by Crippen LogP contribution is 2.41. The molecule has 1 nitrogen and oxygen atoms in total. The van der Waals surface area contributed by atoms with Crippen molar-refractivity contribution in [3.05, 3.63) is 52.6 Å². The molecular formula is C19H20F5N. The highest BCUT2D eigenvalue weighted by atomic mass is 19.4. The van der Waals surface area contributed by atoms with Gasteiger partial charge in [-0.05, 0) is 47.1 Å². The van der Waals surface area contributed by atoms with E-state index in [4.69, 9.17) is 0 Å². The Kier molecular flexibility index (Phi) is 5.21.